The number of nitrogens with zero attached hydrogens (tertiary/aromatic N) is 1. The van der Waals surface area contributed by atoms with E-state index in [1.165, 1.54) is 11.8 Å². The Morgan fingerprint density at radius 2 is 2.15 bits per heavy atom. The Morgan fingerprint density at radius 1 is 1.35 bits per heavy atom. The van der Waals surface area contributed by atoms with Crippen LogP contribution >= 0.6 is 35.0 Å². The summed E-state index contributed by atoms with van der Waals surface area (Å²) in [4.78, 5) is 4.27. The second kappa shape index (κ2) is 7.18. The second-order valence-corrected chi connectivity index (χ2v) is 6.07. The second-order valence-electron chi connectivity index (χ2n) is 4.22. The number of aliphatic hydroxyl groups is 1. The molecule has 2 rings (SSSR count). The van der Waals surface area contributed by atoms with Crippen LogP contribution in [0, 0.1) is 6.92 Å². The molecule has 1 aromatic carbocycles. The Kier molecular flexibility index (Phi) is 5.54. The van der Waals surface area contributed by atoms with E-state index in [4.69, 9.17) is 23.2 Å². The normalized spacial score (nSPS) is 12.2. The summed E-state index contributed by atoms with van der Waals surface area (Å²) in [6.45, 7) is 1.99. The average Bonchev–Trinajstić information content (AvgIpc) is 2.42. The minimum Gasteiger partial charge on any atom is -0.373 e. The molecule has 2 N–H and O–H groups in total. The first-order valence-electron chi connectivity index (χ1n) is 6.00. The fraction of sp³-hybridized carbons (Fsp3) is 0.214. The maximum atomic E-state index is 10.0. The van der Waals surface area contributed by atoms with Crippen LogP contribution in [0.15, 0.2) is 41.6 Å². The SMILES string of the molecule is Cc1cccnc1SCC(O)Nc1cc(Cl)ccc1Cl. The minimum atomic E-state index is -0.739. The molecule has 0 saturated heterocycles. The number of rotatable bonds is 5. The molecule has 0 spiro atoms. The summed E-state index contributed by atoms with van der Waals surface area (Å²) in [7, 11) is 0. The van der Waals surface area contributed by atoms with Gasteiger partial charge in [-0.3, -0.25) is 0 Å². The molecule has 0 bridgehead atoms. The van der Waals surface area contributed by atoms with Gasteiger partial charge in [0.25, 0.3) is 0 Å². The minimum absolute atomic E-state index is 0.459. The molecule has 2 aromatic rings. The van der Waals surface area contributed by atoms with E-state index < -0.39 is 6.23 Å². The zero-order valence-electron chi connectivity index (χ0n) is 10.8. The Morgan fingerprint density at radius 3 is 2.90 bits per heavy atom. The number of aromatic nitrogens is 1. The van der Waals surface area contributed by atoms with Gasteiger partial charge in [0.1, 0.15) is 6.23 Å². The van der Waals surface area contributed by atoms with Gasteiger partial charge in [-0.1, -0.05) is 29.3 Å². The summed E-state index contributed by atoms with van der Waals surface area (Å²) < 4.78 is 0. The molecule has 0 radical (unpaired) electrons. The smallest absolute Gasteiger partial charge is 0.134 e. The highest BCUT2D eigenvalue weighted by molar-refractivity contribution is 7.99. The lowest BCUT2D eigenvalue weighted by molar-refractivity contribution is 0.229. The molecular weight excluding hydrogens is 315 g/mol. The first kappa shape index (κ1) is 15.4. The van der Waals surface area contributed by atoms with Crippen LogP contribution in [0.4, 0.5) is 5.69 Å². The molecular formula is C14H14Cl2N2OS. The fourth-order valence-corrected chi connectivity index (χ4v) is 2.78. The van der Waals surface area contributed by atoms with Gasteiger partial charge in [0.15, 0.2) is 0 Å². The van der Waals surface area contributed by atoms with Crippen molar-refractivity contribution in [3.8, 4) is 0 Å². The Hall–Kier alpha value is -0.940. The third-order valence-corrected chi connectivity index (χ3v) is 4.34. The van der Waals surface area contributed by atoms with Crippen molar-refractivity contribution in [3.63, 3.8) is 0 Å². The van der Waals surface area contributed by atoms with Crippen LogP contribution in [-0.4, -0.2) is 22.1 Å². The van der Waals surface area contributed by atoms with Gasteiger partial charge in [-0.15, -0.1) is 11.8 Å². The van der Waals surface area contributed by atoms with Gasteiger partial charge in [-0.05, 0) is 36.8 Å². The van der Waals surface area contributed by atoms with E-state index in [-0.39, 0.29) is 0 Å². The van der Waals surface area contributed by atoms with E-state index in [2.05, 4.69) is 10.3 Å². The number of benzene rings is 1. The topological polar surface area (TPSA) is 45.2 Å². The van der Waals surface area contributed by atoms with Crippen LogP contribution in [0.1, 0.15) is 5.56 Å². The van der Waals surface area contributed by atoms with Crippen molar-refractivity contribution in [1.82, 2.24) is 4.98 Å². The highest BCUT2D eigenvalue weighted by Gasteiger charge is 2.09. The molecule has 0 aliphatic carbocycles. The van der Waals surface area contributed by atoms with Crippen LogP contribution < -0.4 is 5.32 Å². The lowest BCUT2D eigenvalue weighted by atomic mass is 10.3. The molecule has 106 valence electrons. The number of hydrogen-bond donors (Lipinski definition) is 2. The predicted molar refractivity (Wildman–Crippen MR) is 85.8 cm³/mol. The number of aliphatic hydroxyl groups excluding tert-OH is 1. The molecule has 1 aromatic heterocycles. The molecule has 0 fully saturated rings. The van der Waals surface area contributed by atoms with Crippen molar-refractivity contribution in [2.45, 2.75) is 18.2 Å². The predicted octanol–water partition coefficient (Wildman–Crippen LogP) is 4.22. The van der Waals surface area contributed by atoms with Crippen molar-refractivity contribution in [1.29, 1.82) is 0 Å². The van der Waals surface area contributed by atoms with Crippen LogP contribution in [0.2, 0.25) is 10.0 Å². The lowest BCUT2D eigenvalue weighted by Crippen LogP contribution is -2.21. The van der Waals surface area contributed by atoms with E-state index in [1.807, 2.05) is 19.1 Å². The summed E-state index contributed by atoms with van der Waals surface area (Å²) in [5, 5.41) is 14.9. The van der Waals surface area contributed by atoms with Crippen molar-refractivity contribution < 1.29 is 5.11 Å². The Balaban J connectivity index is 1.94. The zero-order chi connectivity index (χ0) is 14.5. The molecule has 1 heterocycles. The molecule has 1 atom stereocenters. The Labute approximate surface area is 132 Å². The van der Waals surface area contributed by atoms with E-state index in [0.717, 1.165) is 10.6 Å². The maximum absolute atomic E-state index is 10.0. The van der Waals surface area contributed by atoms with Gasteiger partial charge < -0.3 is 10.4 Å². The van der Waals surface area contributed by atoms with Gasteiger partial charge in [-0.2, -0.15) is 0 Å². The molecule has 1 unspecified atom stereocenters. The molecule has 6 heteroatoms. The average molecular weight is 329 g/mol. The first-order chi connectivity index (χ1) is 9.56. The van der Waals surface area contributed by atoms with E-state index >= 15 is 0 Å². The number of anilines is 1. The zero-order valence-corrected chi connectivity index (χ0v) is 13.1. The summed E-state index contributed by atoms with van der Waals surface area (Å²) in [6, 6.07) is 8.95. The molecule has 0 aliphatic heterocycles. The number of aryl methyl sites for hydroxylation is 1. The van der Waals surface area contributed by atoms with E-state index in [1.54, 1.807) is 24.4 Å². The molecule has 3 nitrogen and oxygen atoms in total. The van der Waals surface area contributed by atoms with Crippen molar-refractivity contribution in [2.24, 2.45) is 0 Å². The standard InChI is InChI=1S/C14H14Cl2N2OS/c1-9-3-2-6-17-14(9)20-8-13(19)18-12-7-10(15)4-5-11(12)16/h2-7,13,18-19H,8H2,1H3. The van der Waals surface area contributed by atoms with Gasteiger partial charge in [0, 0.05) is 17.0 Å². The van der Waals surface area contributed by atoms with Crippen molar-refractivity contribution in [2.75, 3.05) is 11.1 Å². The molecule has 20 heavy (non-hydrogen) atoms. The number of hydrogen-bond acceptors (Lipinski definition) is 4. The maximum Gasteiger partial charge on any atom is 0.134 e. The van der Waals surface area contributed by atoms with Gasteiger partial charge in [0.05, 0.1) is 15.7 Å². The Bertz CT molecular complexity index is 595. The highest BCUT2D eigenvalue weighted by Crippen LogP contribution is 2.27. The van der Waals surface area contributed by atoms with Gasteiger partial charge in [-0.25, -0.2) is 4.98 Å². The first-order valence-corrected chi connectivity index (χ1v) is 7.74. The number of pyridine rings is 1. The summed E-state index contributed by atoms with van der Waals surface area (Å²) >= 11 is 13.4. The van der Waals surface area contributed by atoms with Crippen LogP contribution in [0.25, 0.3) is 0 Å². The largest absolute Gasteiger partial charge is 0.373 e. The number of thioether (sulfide) groups is 1. The van der Waals surface area contributed by atoms with Crippen LogP contribution in [0.3, 0.4) is 0 Å². The van der Waals surface area contributed by atoms with Gasteiger partial charge >= 0.3 is 0 Å². The van der Waals surface area contributed by atoms with Gasteiger partial charge in [0.2, 0.25) is 0 Å². The summed E-state index contributed by atoms with van der Waals surface area (Å²) in [5.41, 5.74) is 1.70. The van der Waals surface area contributed by atoms with Crippen LogP contribution in [0.5, 0.6) is 0 Å². The van der Waals surface area contributed by atoms with Crippen molar-refractivity contribution in [3.05, 3.63) is 52.1 Å². The van der Waals surface area contributed by atoms with Crippen molar-refractivity contribution >= 4 is 40.7 Å². The molecule has 0 amide bonds. The fourth-order valence-electron chi connectivity index (χ4n) is 1.61. The van der Waals surface area contributed by atoms with E-state index in [0.29, 0.717) is 21.5 Å². The molecule has 0 saturated carbocycles. The highest BCUT2D eigenvalue weighted by atomic mass is 35.5. The third kappa shape index (κ3) is 4.28. The summed E-state index contributed by atoms with van der Waals surface area (Å²) in [6.07, 6.45) is 1.00. The third-order valence-electron chi connectivity index (χ3n) is 2.59. The lowest BCUT2D eigenvalue weighted by Gasteiger charge is -2.15. The number of halogens is 2. The monoisotopic (exact) mass is 328 g/mol. The van der Waals surface area contributed by atoms with Crippen LogP contribution in [-0.2, 0) is 0 Å². The number of nitrogens with one attached hydrogen (secondary N) is 1. The summed E-state index contributed by atoms with van der Waals surface area (Å²) in [5.74, 6) is 0.459. The quantitative estimate of drug-likeness (QED) is 0.637. The van der Waals surface area contributed by atoms with E-state index in [9.17, 15) is 5.11 Å². The molecule has 0 aliphatic rings.